The molecule has 2 rings (SSSR count). The second kappa shape index (κ2) is 8.81. The first-order valence-corrected chi connectivity index (χ1v) is 9.74. The van der Waals surface area contributed by atoms with Gasteiger partial charge < -0.3 is 14.4 Å². The van der Waals surface area contributed by atoms with Crippen molar-refractivity contribution in [3.05, 3.63) is 36.3 Å². The minimum atomic E-state index is -3.83. The first kappa shape index (κ1) is 19.9. The lowest BCUT2D eigenvalue weighted by molar-refractivity contribution is 0.322. The number of aromatic nitrogens is 2. The molecule has 0 amide bonds. The van der Waals surface area contributed by atoms with Gasteiger partial charge in [-0.05, 0) is 32.0 Å². The molecule has 0 saturated heterocycles. The van der Waals surface area contributed by atoms with Crippen molar-refractivity contribution in [1.29, 1.82) is 0 Å². The van der Waals surface area contributed by atoms with E-state index in [0.717, 1.165) is 0 Å². The lowest BCUT2D eigenvalue weighted by Crippen LogP contribution is -2.25. The van der Waals surface area contributed by atoms with Gasteiger partial charge in [-0.1, -0.05) is 0 Å². The van der Waals surface area contributed by atoms with Crippen LogP contribution < -0.4 is 19.1 Å². The lowest BCUT2D eigenvalue weighted by Gasteiger charge is -2.14. The van der Waals surface area contributed by atoms with Crippen LogP contribution >= 0.6 is 0 Å². The van der Waals surface area contributed by atoms with Gasteiger partial charge in [0, 0.05) is 26.4 Å². The zero-order chi connectivity index (χ0) is 19.2. The number of ether oxygens (including phenoxy) is 2. The second-order valence-corrected chi connectivity index (χ2v) is 7.26. The Morgan fingerprint density at radius 1 is 1.12 bits per heavy atom. The summed E-state index contributed by atoms with van der Waals surface area (Å²) in [6, 6.07) is 6.47. The van der Waals surface area contributed by atoms with Crippen LogP contribution in [0.25, 0.3) is 0 Å². The van der Waals surface area contributed by atoms with Crippen molar-refractivity contribution >= 4 is 15.8 Å². The first-order chi connectivity index (χ1) is 12.4. The van der Waals surface area contributed by atoms with Crippen LogP contribution in [0.5, 0.6) is 11.5 Å². The molecule has 0 fully saturated rings. The van der Waals surface area contributed by atoms with Gasteiger partial charge in [0.2, 0.25) is 10.0 Å². The summed E-state index contributed by atoms with van der Waals surface area (Å²) in [6.07, 6.45) is 1.59. The normalized spacial score (nSPS) is 11.2. The highest BCUT2D eigenvalue weighted by Crippen LogP contribution is 2.28. The van der Waals surface area contributed by atoms with E-state index in [2.05, 4.69) is 14.7 Å². The van der Waals surface area contributed by atoms with E-state index in [-0.39, 0.29) is 17.2 Å². The number of benzene rings is 1. The van der Waals surface area contributed by atoms with Crippen LogP contribution in [0.3, 0.4) is 0 Å². The number of hydrogen-bond acceptors (Lipinski definition) is 7. The molecule has 9 heteroatoms. The number of hydrogen-bond donors (Lipinski definition) is 1. The molecule has 0 spiro atoms. The number of sulfonamides is 1. The lowest BCUT2D eigenvalue weighted by atomic mass is 10.3. The third kappa shape index (κ3) is 5.06. The molecule has 0 aliphatic rings. The Bertz CT molecular complexity index is 840. The van der Waals surface area contributed by atoms with Crippen LogP contribution in [0, 0.1) is 0 Å². The van der Waals surface area contributed by atoms with Crippen molar-refractivity contribution in [1.82, 2.24) is 14.7 Å². The van der Waals surface area contributed by atoms with Gasteiger partial charge in [-0.3, -0.25) is 0 Å². The van der Waals surface area contributed by atoms with E-state index in [9.17, 15) is 8.42 Å². The van der Waals surface area contributed by atoms with Crippen LogP contribution in [0.1, 0.15) is 19.7 Å². The van der Waals surface area contributed by atoms with Gasteiger partial charge >= 0.3 is 0 Å². The minimum Gasteiger partial charge on any atom is -0.494 e. The molecule has 0 atom stereocenters. The van der Waals surface area contributed by atoms with Gasteiger partial charge in [0.25, 0.3) is 0 Å². The van der Waals surface area contributed by atoms with Gasteiger partial charge in [-0.15, -0.1) is 0 Å². The van der Waals surface area contributed by atoms with E-state index in [4.69, 9.17) is 9.47 Å². The summed E-state index contributed by atoms with van der Waals surface area (Å²) in [5.74, 6) is 1.80. The Morgan fingerprint density at radius 3 is 2.50 bits per heavy atom. The Labute approximate surface area is 154 Å². The Morgan fingerprint density at radius 2 is 1.85 bits per heavy atom. The van der Waals surface area contributed by atoms with E-state index < -0.39 is 10.0 Å². The van der Waals surface area contributed by atoms with Crippen molar-refractivity contribution in [2.45, 2.75) is 25.3 Å². The monoisotopic (exact) mass is 380 g/mol. The summed E-state index contributed by atoms with van der Waals surface area (Å²) < 4.78 is 38.9. The zero-order valence-corrected chi connectivity index (χ0v) is 16.2. The zero-order valence-electron chi connectivity index (χ0n) is 15.4. The SMILES string of the molecule is CCOc1ccc(OCC)c(S(=O)(=O)NCc2nccc(N(C)C)n2)c1. The number of nitrogens with one attached hydrogen (secondary N) is 1. The maximum Gasteiger partial charge on any atom is 0.244 e. The summed E-state index contributed by atoms with van der Waals surface area (Å²) in [7, 11) is -0.132. The first-order valence-electron chi connectivity index (χ1n) is 8.26. The molecular formula is C17H24N4O4S. The Kier molecular flexibility index (Phi) is 6.76. The fourth-order valence-corrected chi connectivity index (χ4v) is 3.33. The molecule has 1 aromatic heterocycles. The fourth-order valence-electron chi connectivity index (χ4n) is 2.19. The van der Waals surface area contributed by atoms with E-state index in [0.29, 0.717) is 30.6 Å². The standard InChI is InChI=1S/C17H24N4O4S/c1-5-24-13-7-8-14(25-6-2)15(11-13)26(22,23)19-12-16-18-10-9-17(20-16)21(3)4/h7-11,19H,5-6,12H2,1-4H3. The summed E-state index contributed by atoms with van der Waals surface area (Å²) in [4.78, 5) is 10.3. The number of rotatable bonds is 9. The molecule has 0 radical (unpaired) electrons. The van der Waals surface area contributed by atoms with Crippen LogP contribution in [0.2, 0.25) is 0 Å². The molecular weight excluding hydrogens is 356 g/mol. The smallest absolute Gasteiger partial charge is 0.244 e. The summed E-state index contributed by atoms with van der Waals surface area (Å²) in [5.41, 5.74) is 0. The fraction of sp³-hybridized carbons (Fsp3) is 0.412. The topological polar surface area (TPSA) is 93.6 Å². The molecule has 142 valence electrons. The van der Waals surface area contributed by atoms with E-state index in [1.165, 1.54) is 6.07 Å². The average molecular weight is 380 g/mol. The highest BCUT2D eigenvalue weighted by Gasteiger charge is 2.21. The van der Waals surface area contributed by atoms with Crippen molar-refractivity contribution < 1.29 is 17.9 Å². The van der Waals surface area contributed by atoms with Crippen molar-refractivity contribution in [3.63, 3.8) is 0 Å². The van der Waals surface area contributed by atoms with E-state index in [1.807, 2.05) is 25.9 Å². The van der Waals surface area contributed by atoms with E-state index in [1.54, 1.807) is 31.3 Å². The van der Waals surface area contributed by atoms with Crippen molar-refractivity contribution in [2.24, 2.45) is 0 Å². The third-order valence-corrected chi connectivity index (χ3v) is 4.81. The molecule has 2 aromatic rings. The summed E-state index contributed by atoms with van der Waals surface area (Å²) in [5, 5.41) is 0. The summed E-state index contributed by atoms with van der Waals surface area (Å²) >= 11 is 0. The molecule has 26 heavy (non-hydrogen) atoms. The van der Waals surface area contributed by atoms with Crippen molar-refractivity contribution in [2.75, 3.05) is 32.2 Å². The minimum absolute atomic E-state index is 0.0223. The van der Waals surface area contributed by atoms with Gasteiger partial charge in [0.1, 0.15) is 28.0 Å². The van der Waals surface area contributed by atoms with Crippen LogP contribution in [0.15, 0.2) is 35.4 Å². The van der Waals surface area contributed by atoms with E-state index >= 15 is 0 Å². The van der Waals surface area contributed by atoms with Gasteiger partial charge in [0.05, 0.1) is 19.8 Å². The molecule has 1 aromatic carbocycles. The average Bonchev–Trinajstić information content (AvgIpc) is 2.62. The molecule has 0 saturated carbocycles. The number of anilines is 1. The van der Waals surface area contributed by atoms with Crippen LogP contribution in [0.4, 0.5) is 5.82 Å². The molecule has 0 unspecified atom stereocenters. The van der Waals surface area contributed by atoms with Crippen molar-refractivity contribution in [3.8, 4) is 11.5 Å². The molecule has 0 aliphatic carbocycles. The second-order valence-electron chi connectivity index (χ2n) is 5.52. The molecule has 0 bridgehead atoms. The van der Waals surface area contributed by atoms with Crippen LogP contribution in [-0.2, 0) is 16.6 Å². The van der Waals surface area contributed by atoms with Gasteiger partial charge in [-0.2, -0.15) is 0 Å². The molecule has 0 aliphatic heterocycles. The summed E-state index contributed by atoms with van der Waals surface area (Å²) in [6.45, 7) is 4.38. The molecule has 1 heterocycles. The Balaban J connectivity index is 2.26. The Hall–Kier alpha value is -2.39. The molecule has 1 N–H and O–H groups in total. The van der Waals surface area contributed by atoms with Gasteiger partial charge in [-0.25, -0.2) is 23.1 Å². The number of nitrogens with zero attached hydrogens (tertiary/aromatic N) is 3. The third-order valence-electron chi connectivity index (χ3n) is 3.38. The highest BCUT2D eigenvalue weighted by atomic mass is 32.2. The predicted molar refractivity (Wildman–Crippen MR) is 99.2 cm³/mol. The maximum atomic E-state index is 12.8. The maximum absolute atomic E-state index is 12.8. The quantitative estimate of drug-likeness (QED) is 0.709. The van der Waals surface area contributed by atoms with Gasteiger partial charge in [0.15, 0.2) is 0 Å². The highest BCUT2D eigenvalue weighted by molar-refractivity contribution is 7.89. The van der Waals surface area contributed by atoms with Crippen LogP contribution in [-0.4, -0.2) is 45.7 Å². The largest absolute Gasteiger partial charge is 0.494 e. The predicted octanol–water partition coefficient (Wildman–Crippen LogP) is 1.82. The molecule has 8 nitrogen and oxygen atoms in total.